The van der Waals surface area contributed by atoms with Crippen molar-refractivity contribution in [2.75, 3.05) is 18.0 Å². The maximum Gasteiger partial charge on any atom is 0.451 e. The van der Waals surface area contributed by atoms with Crippen molar-refractivity contribution in [3.63, 3.8) is 0 Å². The highest BCUT2D eigenvalue weighted by atomic mass is 19.4. The van der Waals surface area contributed by atoms with Gasteiger partial charge in [-0.25, -0.2) is 9.97 Å². The zero-order valence-electron chi connectivity index (χ0n) is 12.4. The molecule has 1 N–H and O–H groups in total. The van der Waals surface area contributed by atoms with E-state index < -0.39 is 12.0 Å². The first-order chi connectivity index (χ1) is 10.9. The van der Waals surface area contributed by atoms with Gasteiger partial charge < -0.3 is 10.2 Å². The Bertz CT molecular complexity index is 747. The maximum atomic E-state index is 13.1. The minimum Gasteiger partial charge on any atom is -0.354 e. The zero-order chi connectivity index (χ0) is 16.6. The number of fused-ring (bicyclic) bond motifs is 1. The van der Waals surface area contributed by atoms with Gasteiger partial charge in [-0.3, -0.25) is 4.79 Å². The summed E-state index contributed by atoms with van der Waals surface area (Å²) in [6, 6.07) is 6.33. The average molecular weight is 324 g/mol. The van der Waals surface area contributed by atoms with Gasteiger partial charge in [0.2, 0.25) is 11.7 Å². The maximum absolute atomic E-state index is 13.1. The summed E-state index contributed by atoms with van der Waals surface area (Å²) in [5.41, 5.74) is 0.237. The molecule has 0 saturated carbocycles. The summed E-state index contributed by atoms with van der Waals surface area (Å²) in [7, 11) is 0. The largest absolute Gasteiger partial charge is 0.451 e. The van der Waals surface area contributed by atoms with Crippen LogP contribution in [0.2, 0.25) is 0 Å². The first kappa shape index (κ1) is 15.5. The molecule has 1 aromatic carbocycles. The van der Waals surface area contributed by atoms with Gasteiger partial charge in [0.15, 0.2) is 0 Å². The highest BCUT2D eigenvalue weighted by Gasteiger charge is 2.36. The highest BCUT2D eigenvalue weighted by molar-refractivity contribution is 5.90. The van der Waals surface area contributed by atoms with Crippen LogP contribution in [0.1, 0.15) is 19.2 Å². The van der Waals surface area contributed by atoms with Gasteiger partial charge in [0, 0.05) is 30.9 Å². The molecule has 1 aliphatic rings. The third kappa shape index (κ3) is 3.06. The molecule has 1 fully saturated rings. The normalized spacial score (nSPS) is 19.6. The number of halogens is 3. The molecule has 0 bridgehead atoms. The number of anilines is 1. The molecule has 1 saturated heterocycles. The molecule has 8 heteroatoms. The second-order valence-electron chi connectivity index (χ2n) is 5.48. The number of rotatable bonds is 1. The molecule has 1 unspecified atom stereocenters. The number of nitrogens with zero attached hydrogens (tertiary/aromatic N) is 3. The molecule has 5 nitrogen and oxygen atoms in total. The fourth-order valence-corrected chi connectivity index (χ4v) is 2.71. The number of benzene rings is 1. The number of carbonyl (C=O) groups excluding carboxylic acids is 1. The average Bonchev–Trinajstić information content (AvgIpc) is 2.65. The van der Waals surface area contributed by atoms with E-state index in [-0.39, 0.29) is 29.7 Å². The third-order valence-electron chi connectivity index (χ3n) is 3.80. The molecule has 0 aliphatic carbocycles. The quantitative estimate of drug-likeness (QED) is 0.875. The first-order valence-corrected chi connectivity index (χ1v) is 7.23. The van der Waals surface area contributed by atoms with E-state index in [2.05, 4.69) is 15.3 Å². The molecule has 2 heterocycles. The van der Waals surface area contributed by atoms with Gasteiger partial charge in [-0.1, -0.05) is 12.1 Å². The van der Waals surface area contributed by atoms with Crippen LogP contribution in [0.4, 0.5) is 19.0 Å². The fraction of sp³-hybridized carbons (Fsp3) is 0.400. The fourth-order valence-electron chi connectivity index (χ4n) is 2.71. The van der Waals surface area contributed by atoms with Crippen molar-refractivity contribution in [2.45, 2.75) is 25.6 Å². The lowest BCUT2D eigenvalue weighted by Crippen LogP contribution is -2.35. The van der Waals surface area contributed by atoms with Crippen LogP contribution in [-0.4, -0.2) is 35.0 Å². The smallest absolute Gasteiger partial charge is 0.354 e. The second kappa shape index (κ2) is 5.68. The number of aromatic nitrogens is 2. The molecular weight excluding hydrogens is 309 g/mol. The van der Waals surface area contributed by atoms with Crippen LogP contribution in [0.15, 0.2) is 24.3 Å². The number of carbonyl (C=O) groups is 1. The van der Waals surface area contributed by atoms with Crippen LogP contribution >= 0.6 is 0 Å². The van der Waals surface area contributed by atoms with Gasteiger partial charge in [-0.15, -0.1) is 0 Å². The standard InChI is InChI=1S/C15H15F3N4O/c1-9-8-12(23)19-6-7-22(9)13-10-4-2-3-5-11(10)20-14(21-13)15(16,17)18/h2-5,9H,6-8H2,1H3,(H,19,23). The topological polar surface area (TPSA) is 58.1 Å². The molecule has 1 amide bonds. The molecule has 0 radical (unpaired) electrons. The Morgan fingerprint density at radius 1 is 1.26 bits per heavy atom. The van der Waals surface area contributed by atoms with Crippen molar-refractivity contribution < 1.29 is 18.0 Å². The summed E-state index contributed by atoms with van der Waals surface area (Å²) >= 11 is 0. The van der Waals surface area contributed by atoms with E-state index in [0.717, 1.165) is 0 Å². The van der Waals surface area contributed by atoms with E-state index in [9.17, 15) is 18.0 Å². The summed E-state index contributed by atoms with van der Waals surface area (Å²) in [4.78, 5) is 20.7. The molecular formula is C15H15F3N4O. The van der Waals surface area contributed by atoms with Crippen LogP contribution in [0.25, 0.3) is 10.9 Å². The summed E-state index contributed by atoms with van der Waals surface area (Å²) < 4.78 is 39.3. The predicted octanol–water partition coefficient (Wildman–Crippen LogP) is 2.36. The summed E-state index contributed by atoms with van der Waals surface area (Å²) in [5.74, 6) is -1.07. The van der Waals surface area contributed by atoms with Crippen molar-refractivity contribution >= 4 is 22.6 Å². The van der Waals surface area contributed by atoms with Crippen molar-refractivity contribution in [1.82, 2.24) is 15.3 Å². The highest BCUT2D eigenvalue weighted by Crippen LogP contribution is 2.32. The van der Waals surface area contributed by atoms with E-state index in [1.807, 2.05) is 0 Å². The monoisotopic (exact) mass is 324 g/mol. The Labute approximate surface area is 130 Å². The van der Waals surface area contributed by atoms with Gasteiger partial charge in [0.05, 0.1) is 5.52 Å². The van der Waals surface area contributed by atoms with Gasteiger partial charge >= 0.3 is 6.18 Å². The van der Waals surface area contributed by atoms with Crippen molar-refractivity contribution in [3.8, 4) is 0 Å². The van der Waals surface area contributed by atoms with E-state index >= 15 is 0 Å². The van der Waals surface area contributed by atoms with Crippen LogP contribution in [0.3, 0.4) is 0 Å². The van der Waals surface area contributed by atoms with Crippen LogP contribution in [0, 0.1) is 0 Å². The van der Waals surface area contributed by atoms with E-state index in [1.54, 1.807) is 30.0 Å². The SMILES string of the molecule is CC1CC(=O)NCCN1c1nc(C(F)(F)F)nc2ccccc12. The molecule has 1 atom stereocenters. The lowest BCUT2D eigenvalue weighted by atomic mass is 10.1. The second-order valence-corrected chi connectivity index (χ2v) is 5.48. The minimum atomic E-state index is -4.62. The number of amides is 1. The Kier molecular flexibility index (Phi) is 3.83. The Morgan fingerprint density at radius 2 is 2.00 bits per heavy atom. The lowest BCUT2D eigenvalue weighted by molar-refractivity contribution is -0.144. The molecule has 1 aromatic heterocycles. The number of para-hydroxylation sites is 1. The summed E-state index contributed by atoms with van der Waals surface area (Å²) in [6.45, 7) is 2.56. The van der Waals surface area contributed by atoms with Gasteiger partial charge in [-0.2, -0.15) is 13.2 Å². The predicted molar refractivity (Wildman–Crippen MR) is 79.0 cm³/mol. The van der Waals surface area contributed by atoms with Crippen molar-refractivity contribution in [1.29, 1.82) is 0 Å². The lowest BCUT2D eigenvalue weighted by Gasteiger charge is -2.28. The molecule has 1 aliphatic heterocycles. The van der Waals surface area contributed by atoms with Crippen LogP contribution < -0.4 is 10.2 Å². The number of hydrogen-bond donors (Lipinski definition) is 1. The number of nitrogens with one attached hydrogen (secondary N) is 1. The van der Waals surface area contributed by atoms with E-state index in [4.69, 9.17) is 0 Å². The van der Waals surface area contributed by atoms with Crippen LogP contribution in [0.5, 0.6) is 0 Å². The Morgan fingerprint density at radius 3 is 2.74 bits per heavy atom. The number of alkyl halides is 3. The van der Waals surface area contributed by atoms with Crippen molar-refractivity contribution in [2.24, 2.45) is 0 Å². The van der Waals surface area contributed by atoms with E-state index in [0.29, 0.717) is 18.5 Å². The Hall–Kier alpha value is -2.38. The molecule has 122 valence electrons. The van der Waals surface area contributed by atoms with E-state index in [1.165, 1.54) is 6.07 Å². The molecule has 0 spiro atoms. The van der Waals surface area contributed by atoms with Crippen LogP contribution in [-0.2, 0) is 11.0 Å². The Balaban J connectivity index is 2.16. The molecule has 23 heavy (non-hydrogen) atoms. The number of hydrogen-bond acceptors (Lipinski definition) is 4. The van der Waals surface area contributed by atoms with Gasteiger partial charge in [0.25, 0.3) is 0 Å². The first-order valence-electron chi connectivity index (χ1n) is 7.23. The van der Waals surface area contributed by atoms with Gasteiger partial charge in [0.1, 0.15) is 5.82 Å². The molecule has 2 aromatic rings. The third-order valence-corrected chi connectivity index (χ3v) is 3.80. The van der Waals surface area contributed by atoms with Crippen molar-refractivity contribution in [3.05, 3.63) is 30.1 Å². The molecule has 3 rings (SSSR count). The van der Waals surface area contributed by atoms with Gasteiger partial charge in [-0.05, 0) is 19.1 Å². The zero-order valence-corrected chi connectivity index (χ0v) is 12.4. The minimum absolute atomic E-state index is 0.116. The summed E-state index contributed by atoms with van der Waals surface area (Å²) in [5, 5.41) is 3.26. The summed E-state index contributed by atoms with van der Waals surface area (Å²) in [6.07, 6.45) is -4.42.